The third-order valence-electron chi connectivity index (χ3n) is 3.48. The molecule has 7 nitrogen and oxygen atoms in total. The molecule has 0 saturated carbocycles. The van der Waals surface area contributed by atoms with E-state index in [9.17, 15) is 24.3 Å². The Bertz CT molecular complexity index is 633. The molecule has 1 aromatic carbocycles. The molecular formula is C13H10N2O5. The molecule has 0 aromatic heterocycles. The number of nitrogens with zero attached hydrogens (tertiary/aromatic N) is 1. The maximum absolute atomic E-state index is 12.2. The van der Waals surface area contributed by atoms with Crippen LogP contribution in [0, 0.1) is 0 Å². The summed E-state index contributed by atoms with van der Waals surface area (Å²) in [4.78, 5) is 47.9. The van der Waals surface area contributed by atoms with Gasteiger partial charge in [-0.2, -0.15) is 0 Å². The third-order valence-corrected chi connectivity index (χ3v) is 3.48. The standard InChI is InChI=1S/C13H10N2O5/c16-9-5-6-13(20,12(19)14-9)15-10(17)7-3-1-2-4-8(7)11(15)18/h1-4,20H,5-6H2,(H,14,16,19)/t13-/m0/s1. The van der Waals surface area contributed by atoms with Crippen LogP contribution in [0.3, 0.4) is 0 Å². The molecule has 0 aliphatic carbocycles. The lowest BCUT2D eigenvalue weighted by Crippen LogP contribution is -2.64. The number of aliphatic hydroxyl groups is 1. The van der Waals surface area contributed by atoms with Gasteiger partial charge in [-0.25, -0.2) is 4.90 Å². The van der Waals surface area contributed by atoms with Gasteiger partial charge in [-0.1, -0.05) is 12.1 Å². The van der Waals surface area contributed by atoms with Crippen LogP contribution in [0.5, 0.6) is 0 Å². The summed E-state index contributed by atoms with van der Waals surface area (Å²) >= 11 is 0. The highest BCUT2D eigenvalue weighted by Crippen LogP contribution is 2.32. The molecule has 102 valence electrons. The van der Waals surface area contributed by atoms with Gasteiger partial charge in [0, 0.05) is 12.8 Å². The summed E-state index contributed by atoms with van der Waals surface area (Å²) in [5, 5.41) is 12.3. The number of carbonyl (C=O) groups excluding carboxylic acids is 4. The molecule has 0 bridgehead atoms. The minimum absolute atomic E-state index is 0.135. The Labute approximate surface area is 113 Å². The molecule has 7 heteroatoms. The molecule has 4 amide bonds. The number of piperidine rings is 1. The highest BCUT2D eigenvalue weighted by Gasteiger charge is 2.54. The van der Waals surface area contributed by atoms with E-state index in [1.807, 2.05) is 5.32 Å². The molecule has 1 aromatic rings. The van der Waals surface area contributed by atoms with Gasteiger partial charge in [-0.05, 0) is 12.1 Å². The van der Waals surface area contributed by atoms with Crippen LogP contribution in [0.2, 0.25) is 0 Å². The van der Waals surface area contributed by atoms with Gasteiger partial charge < -0.3 is 5.11 Å². The fraction of sp³-hybridized carbons (Fsp3) is 0.231. The van der Waals surface area contributed by atoms with Crippen LogP contribution in [0.4, 0.5) is 0 Å². The van der Waals surface area contributed by atoms with E-state index < -0.39 is 29.4 Å². The van der Waals surface area contributed by atoms with Gasteiger partial charge in [0.05, 0.1) is 11.1 Å². The Morgan fingerprint density at radius 1 is 1.05 bits per heavy atom. The minimum Gasteiger partial charge on any atom is -0.363 e. The lowest BCUT2D eigenvalue weighted by atomic mass is 10.00. The predicted molar refractivity (Wildman–Crippen MR) is 64.3 cm³/mol. The zero-order valence-electron chi connectivity index (χ0n) is 10.3. The summed E-state index contributed by atoms with van der Waals surface area (Å²) in [6, 6.07) is 6.07. The molecule has 2 N–H and O–H groups in total. The van der Waals surface area contributed by atoms with E-state index in [0.29, 0.717) is 4.90 Å². The van der Waals surface area contributed by atoms with Crippen molar-refractivity contribution in [3.8, 4) is 0 Å². The van der Waals surface area contributed by atoms with Gasteiger partial charge in [-0.3, -0.25) is 24.5 Å². The summed E-state index contributed by atoms with van der Waals surface area (Å²) in [6.07, 6.45) is -0.446. The topological polar surface area (TPSA) is 104 Å². The van der Waals surface area contributed by atoms with E-state index in [1.165, 1.54) is 12.1 Å². The van der Waals surface area contributed by atoms with Gasteiger partial charge in [0.1, 0.15) is 0 Å². The molecule has 0 radical (unpaired) electrons. The minimum atomic E-state index is -2.32. The summed E-state index contributed by atoms with van der Waals surface area (Å²) in [5.74, 6) is -3.07. The number of amides is 4. The van der Waals surface area contributed by atoms with Crippen LogP contribution >= 0.6 is 0 Å². The van der Waals surface area contributed by atoms with Crippen molar-refractivity contribution >= 4 is 23.6 Å². The molecule has 0 spiro atoms. The Balaban J connectivity index is 2.04. The van der Waals surface area contributed by atoms with Crippen molar-refractivity contribution in [3.05, 3.63) is 35.4 Å². The van der Waals surface area contributed by atoms with Gasteiger partial charge in [0.25, 0.3) is 17.7 Å². The SMILES string of the molecule is O=C1CC[C@@](O)(N2C(=O)c3ccccc3C2=O)C(=O)N1. The Morgan fingerprint density at radius 2 is 1.60 bits per heavy atom. The van der Waals surface area contributed by atoms with E-state index in [0.717, 1.165) is 0 Å². The van der Waals surface area contributed by atoms with Gasteiger partial charge in [-0.15, -0.1) is 0 Å². The van der Waals surface area contributed by atoms with Crippen molar-refractivity contribution in [1.29, 1.82) is 0 Å². The van der Waals surface area contributed by atoms with Crippen molar-refractivity contribution in [1.82, 2.24) is 10.2 Å². The number of nitrogens with one attached hydrogen (secondary N) is 1. The van der Waals surface area contributed by atoms with Crippen LogP contribution in [0.15, 0.2) is 24.3 Å². The Morgan fingerprint density at radius 3 is 2.10 bits per heavy atom. The summed E-state index contributed by atoms with van der Waals surface area (Å²) in [6.45, 7) is 0. The quantitative estimate of drug-likeness (QED) is 0.666. The molecule has 3 rings (SSSR count). The molecule has 0 unspecified atom stereocenters. The fourth-order valence-corrected chi connectivity index (χ4v) is 2.43. The van der Waals surface area contributed by atoms with Gasteiger partial charge in [0.15, 0.2) is 0 Å². The molecule has 1 atom stereocenters. The number of rotatable bonds is 1. The first-order chi connectivity index (χ1) is 9.45. The normalized spacial score (nSPS) is 25.8. The second-order valence-electron chi connectivity index (χ2n) is 4.69. The monoisotopic (exact) mass is 274 g/mol. The van der Waals surface area contributed by atoms with Crippen LogP contribution in [-0.2, 0) is 9.59 Å². The third kappa shape index (κ3) is 1.50. The Kier molecular flexibility index (Phi) is 2.48. The van der Waals surface area contributed by atoms with E-state index in [-0.39, 0.29) is 24.0 Å². The van der Waals surface area contributed by atoms with Gasteiger partial charge in [0.2, 0.25) is 11.6 Å². The lowest BCUT2D eigenvalue weighted by molar-refractivity contribution is -0.163. The molecule has 2 aliphatic heterocycles. The zero-order chi connectivity index (χ0) is 14.5. The number of hydrogen-bond donors (Lipinski definition) is 2. The van der Waals surface area contributed by atoms with Crippen LogP contribution < -0.4 is 5.32 Å². The van der Waals surface area contributed by atoms with E-state index in [1.54, 1.807) is 12.1 Å². The lowest BCUT2D eigenvalue weighted by Gasteiger charge is -2.36. The number of fused-ring (bicyclic) bond motifs is 1. The van der Waals surface area contributed by atoms with Crippen molar-refractivity contribution in [3.63, 3.8) is 0 Å². The highest BCUT2D eigenvalue weighted by atomic mass is 16.3. The van der Waals surface area contributed by atoms with Crippen LogP contribution in [0.25, 0.3) is 0 Å². The summed E-state index contributed by atoms with van der Waals surface area (Å²) in [7, 11) is 0. The molecule has 2 aliphatic rings. The summed E-state index contributed by atoms with van der Waals surface area (Å²) < 4.78 is 0. The van der Waals surface area contributed by atoms with E-state index >= 15 is 0 Å². The molecule has 20 heavy (non-hydrogen) atoms. The molecule has 2 heterocycles. The first-order valence-electron chi connectivity index (χ1n) is 6.00. The van der Waals surface area contributed by atoms with Crippen molar-refractivity contribution < 1.29 is 24.3 Å². The van der Waals surface area contributed by atoms with E-state index in [4.69, 9.17) is 0 Å². The van der Waals surface area contributed by atoms with Crippen molar-refractivity contribution in [2.75, 3.05) is 0 Å². The average Bonchev–Trinajstić information content (AvgIpc) is 2.68. The van der Waals surface area contributed by atoms with Crippen molar-refractivity contribution in [2.24, 2.45) is 0 Å². The number of hydrogen-bond acceptors (Lipinski definition) is 5. The number of benzene rings is 1. The maximum atomic E-state index is 12.2. The van der Waals surface area contributed by atoms with E-state index in [2.05, 4.69) is 0 Å². The largest absolute Gasteiger partial charge is 0.363 e. The second kappa shape index (κ2) is 3.97. The summed E-state index contributed by atoms with van der Waals surface area (Å²) in [5.41, 5.74) is -2.05. The molecule has 1 saturated heterocycles. The van der Waals surface area contributed by atoms with Crippen molar-refractivity contribution in [2.45, 2.75) is 18.6 Å². The maximum Gasteiger partial charge on any atom is 0.280 e. The first-order valence-corrected chi connectivity index (χ1v) is 6.00. The number of imide groups is 2. The molecule has 1 fully saturated rings. The van der Waals surface area contributed by atoms with Gasteiger partial charge >= 0.3 is 0 Å². The number of carbonyl (C=O) groups is 4. The second-order valence-corrected chi connectivity index (χ2v) is 4.69. The zero-order valence-corrected chi connectivity index (χ0v) is 10.3. The van der Waals surface area contributed by atoms with Crippen LogP contribution in [0.1, 0.15) is 33.6 Å². The predicted octanol–water partition coefficient (Wildman–Crippen LogP) is -0.592. The Hall–Kier alpha value is -2.54. The fourth-order valence-electron chi connectivity index (χ4n) is 2.43. The first kappa shape index (κ1) is 12.5. The smallest absolute Gasteiger partial charge is 0.280 e. The van der Waals surface area contributed by atoms with Crippen LogP contribution in [-0.4, -0.2) is 39.4 Å². The highest BCUT2D eigenvalue weighted by molar-refractivity contribution is 6.23. The molecular weight excluding hydrogens is 264 g/mol. The average molecular weight is 274 g/mol.